The third kappa shape index (κ3) is 7.98. The Morgan fingerprint density at radius 3 is 2.62 bits per heavy atom. The van der Waals surface area contributed by atoms with Crippen LogP contribution in [0.2, 0.25) is 0 Å². The van der Waals surface area contributed by atoms with Crippen molar-refractivity contribution in [3.8, 4) is 11.3 Å². The Bertz CT molecular complexity index is 1590. The number of carbonyl (C=O) groups excluding carboxylic acids is 1. The summed E-state index contributed by atoms with van der Waals surface area (Å²) in [6, 6.07) is 5.66. The molecule has 12 heteroatoms. The van der Waals surface area contributed by atoms with Crippen molar-refractivity contribution in [2.75, 3.05) is 23.7 Å². The molecule has 5 heterocycles. The number of aryl methyl sites for hydroxylation is 3. The maximum absolute atomic E-state index is 9.95. The van der Waals surface area contributed by atoms with E-state index in [1.165, 1.54) is 18.0 Å². The second kappa shape index (κ2) is 14.6. The fourth-order valence-corrected chi connectivity index (χ4v) is 5.10. The molecule has 0 aromatic carbocycles. The Balaban J connectivity index is 0.000000343. The van der Waals surface area contributed by atoms with E-state index in [4.69, 9.17) is 4.98 Å². The lowest BCUT2D eigenvalue weighted by Gasteiger charge is -2.22. The molecule has 0 aliphatic rings. The van der Waals surface area contributed by atoms with Gasteiger partial charge in [-0.2, -0.15) is 9.47 Å². The van der Waals surface area contributed by atoms with Gasteiger partial charge in [-0.25, -0.2) is 9.97 Å². The fraction of sp³-hybridized carbons (Fsp3) is 0.400. The van der Waals surface area contributed by atoms with Gasteiger partial charge in [0.05, 0.1) is 29.5 Å². The first-order valence-electron chi connectivity index (χ1n) is 14.3. The molecule has 0 radical (unpaired) electrons. The summed E-state index contributed by atoms with van der Waals surface area (Å²) in [4.78, 5) is 25.7. The summed E-state index contributed by atoms with van der Waals surface area (Å²) in [5, 5.41) is 11.4. The van der Waals surface area contributed by atoms with Gasteiger partial charge in [0.1, 0.15) is 5.00 Å². The van der Waals surface area contributed by atoms with E-state index in [0.717, 1.165) is 76.7 Å². The molecule has 222 valence electrons. The first-order valence-corrected chi connectivity index (χ1v) is 15.1. The van der Waals surface area contributed by atoms with Crippen LogP contribution in [-0.4, -0.2) is 57.9 Å². The van der Waals surface area contributed by atoms with Crippen molar-refractivity contribution in [3.05, 3.63) is 66.3 Å². The lowest BCUT2D eigenvalue weighted by Crippen LogP contribution is -2.27. The number of rotatable bonds is 12. The number of imidazole rings is 1. The van der Waals surface area contributed by atoms with E-state index in [2.05, 4.69) is 73.1 Å². The molecule has 5 aromatic rings. The highest BCUT2D eigenvalue weighted by Gasteiger charge is 2.15. The van der Waals surface area contributed by atoms with Gasteiger partial charge in [-0.3, -0.25) is 23.8 Å². The molecular formula is C30H40N10OS. The van der Waals surface area contributed by atoms with Crippen LogP contribution < -0.4 is 10.6 Å². The second-order valence-corrected chi connectivity index (χ2v) is 11.1. The molecule has 1 unspecified atom stereocenters. The van der Waals surface area contributed by atoms with Crippen molar-refractivity contribution in [1.29, 1.82) is 0 Å². The van der Waals surface area contributed by atoms with Gasteiger partial charge in [0.25, 0.3) is 0 Å². The van der Waals surface area contributed by atoms with Crippen molar-refractivity contribution in [2.24, 2.45) is 5.92 Å². The van der Waals surface area contributed by atoms with Crippen molar-refractivity contribution >= 4 is 40.1 Å². The molecule has 0 fully saturated rings. The number of pyridine rings is 1. The smallest absolute Gasteiger partial charge is 0.211 e. The first kappa shape index (κ1) is 30.8. The summed E-state index contributed by atoms with van der Waals surface area (Å²) >= 11 is 1.47. The SMILES string of the molecule is CCC(C)CN(CC)Cc1cc(Nc2nc(C)cn3c(-c4cnn(CC)c4)cnc23)sn1.Cc1cc(NC=O)ccn1. The normalized spacial score (nSPS) is 11.8. The summed E-state index contributed by atoms with van der Waals surface area (Å²) in [5.41, 5.74) is 6.50. The third-order valence-corrected chi connectivity index (χ3v) is 7.63. The molecule has 1 atom stereocenters. The molecule has 0 bridgehead atoms. The van der Waals surface area contributed by atoms with E-state index in [1.54, 1.807) is 18.3 Å². The van der Waals surface area contributed by atoms with Crippen LogP contribution in [0.25, 0.3) is 16.9 Å². The Hall–Kier alpha value is -4.16. The topological polar surface area (TPSA) is 118 Å². The number of anilines is 3. The molecule has 5 rings (SSSR count). The third-order valence-electron chi connectivity index (χ3n) is 6.89. The molecular weight excluding hydrogens is 548 g/mol. The predicted molar refractivity (Wildman–Crippen MR) is 169 cm³/mol. The highest BCUT2D eigenvalue weighted by Crippen LogP contribution is 2.28. The van der Waals surface area contributed by atoms with Crippen molar-refractivity contribution in [3.63, 3.8) is 0 Å². The molecule has 2 N–H and O–H groups in total. The number of aromatic nitrogens is 7. The van der Waals surface area contributed by atoms with Crippen molar-refractivity contribution in [1.82, 2.24) is 38.4 Å². The molecule has 5 aromatic heterocycles. The molecule has 0 saturated heterocycles. The van der Waals surface area contributed by atoms with E-state index >= 15 is 0 Å². The van der Waals surface area contributed by atoms with Crippen LogP contribution in [0.15, 0.2) is 49.2 Å². The van der Waals surface area contributed by atoms with Crippen LogP contribution >= 0.6 is 11.5 Å². The number of amides is 1. The number of hydrogen-bond acceptors (Lipinski definition) is 9. The first-order chi connectivity index (χ1) is 20.3. The van der Waals surface area contributed by atoms with Crippen LogP contribution in [0, 0.1) is 19.8 Å². The van der Waals surface area contributed by atoms with E-state index in [-0.39, 0.29) is 0 Å². The summed E-state index contributed by atoms with van der Waals surface area (Å²) < 4.78 is 8.67. The summed E-state index contributed by atoms with van der Waals surface area (Å²) in [5.74, 6) is 1.43. The van der Waals surface area contributed by atoms with E-state index in [1.807, 2.05) is 43.3 Å². The zero-order valence-electron chi connectivity index (χ0n) is 25.2. The van der Waals surface area contributed by atoms with Crippen LogP contribution in [0.4, 0.5) is 16.5 Å². The van der Waals surface area contributed by atoms with Crippen molar-refractivity contribution < 1.29 is 4.79 Å². The lowest BCUT2D eigenvalue weighted by atomic mass is 10.1. The van der Waals surface area contributed by atoms with Gasteiger partial charge in [-0.1, -0.05) is 27.2 Å². The average molecular weight is 589 g/mol. The molecule has 42 heavy (non-hydrogen) atoms. The Kier molecular flexibility index (Phi) is 10.7. The predicted octanol–water partition coefficient (Wildman–Crippen LogP) is 5.95. The van der Waals surface area contributed by atoms with Gasteiger partial charge >= 0.3 is 0 Å². The summed E-state index contributed by atoms with van der Waals surface area (Å²) in [6.07, 6.45) is 11.3. The van der Waals surface area contributed by atoms with E-state index < -0.39 is 0 Å². The fourth-order valence-electron chi connectivity index (χ4n) is 4.44. The molecule has 0 aliphatic heterocycles. The van der Waals surface area contributed by atoms with Crippen LogP contribution in [0.3, 0.4) is 0 Å². The summed E-state index contributed by atoms with van der Waals surface area (Å²) in [7, 11) is 0. The average Bonchev–Trinajstić information content (AvgIpc) is 3.73. The number of nitrogens with one attached hydrogen (secondary N) is 2. The highest BCUT2D eigenvalue weighted by atomic mass is 32.1. The zero-order chi connectivity index (χ0) is 30.1. The monoisotopic (exact) mass is 588 g/mol. The van der Waals surface area contributed by atoms with Gasteiger partial charge in [0.15, 0.2) is 11.5 Å². The van der Waals surface area contributed by atoms with Crippen LogP contribution in [0.5, 0.6) is 0 Å². The van der Waals surface area contributed by atoms with E-state index in [9.17, 15) is 4.79 Å². The number of hydrogen-bond donors (Lipinski definition) is 2. The quantitative estimate of drug-likeness (QED) is 0.172. The number of fused-ring (bicyclic) bond motifs is 1. The summed E-state index contributed by atoms with van der Waals surface area (Å²) in [6.45, 7) is 16.5. The van der Waals surface area contributed by atoms with Crippen LogP contribution in [0.1, 0.15) is 51.2 Å². The zero-order valence-corrected chi connectivity index (χ0v) is 26.0. The molecule has 0 aliphatic carbocycles. The van der Waals surface area contributed by atoms with Gasteiger partial charge in [-0.15, -0.1) is 0 Å². The lowest BCUT2D eigenvalue weighted by molar-refractivity contribution is -0.105. The van der Waals surface area contributed by atoms with Gasteiger partial charge < -0.3 is 10.6 Å². The highest BCUT2D eigenvalue weighted by molar-refractivity contribution is 7.10. The minimum atomic E-state index is 0.648. The largest absolute Gasteiger partial charge is 0.329 e. The maximum Gasteiger partial charge on any atom is 0.211 e. The standard InChI is InChI=1S/C23H32N8S.C7H8N2O/c1-6-16(4)12-29(7-2)15-19-9-21(32-28-19)27-22-23-24-11-20(31(23)13-17(5)26-22)18-10-25-30(8-3)14-18;1-6-4-7(9-5-10)2-3-8-6/h9-11,13-14,16H,6-8,12,15H2,1-5H3,(H,26,27);2-5H,1H3,(H,8,9,10). The second-order valence-electron chi connectivity index (χ2n) is 10.2. The molecule has 11 nitrogen and oxygen atoms in total. The van der Waals surface area contributed by atoms with E-state index in [0.29, 0.717) is 12.3 Å². The van der Waals surface area contributed by atoms with Gasteiger partial charge in [-0.05, 0) is 63.0 Å². The number of nitrogens with zero attached hydrogens (tertiary/aromatic N) is 8. The molecule has 0 spiro atoms. The Labute approximate surface area is 251 Å². The maximum atomic E-state index is 9.95. The molecule has 1 amide bonds. The minimum Gasteiger partial charge on any atom is -0.329 e. The Morgan fingerprint density at radius 2 is 1.93 bits per heavy atom. The van der Waals surface area contributed by atoms with Crippen molar-refractivity contribution in [2.45, 2.75) is 61.1 Å². The van der Waals surface area contributed by atoms with Crippen LogP contribution in [-0.2, 0) is 17.9 Å². The number of carbonyl (C=O) groups is 1. The minimum absolute atomic E-state index is 0.648. The van der Waals surface area contributed by atoms with Gasteiger partial charge in [0.2, 0.25) is 6.41 Å². The Morgan fingerprint density at radius 1 is 1.10 bits per heavy atom. The molecule has 0 saturated carbocycles. The van der Waals surface area contributed by atoms with Gasteiger partial charge in [0, 0.05) is 55.2 Å².